The highest BCUT2D eigenvalue weighted by Gasteiger charge is 2.34. The van der Waals surface area contributed by atoms with E-state index in [1.54, 1.807) is 0 Å². The summed E-state index contributed by atoms with van der Waals surface area (Å²) in [5.41, 5.74) is 6.25. The van der Waals surface area contributed by atoms with Gasteiger partial charge in [0.15, 0.2) is 0 Å². The molecular formula is C17H25FN2O. The van der Waals surface area contributed by atoms with E-state index in [2.05, 4.69) is 19.2 Å². The summed E-state index contributed by atoms with van der Waals surface area (Å²) >= 11 is 0. The zero-order valence-electron chi connectivity index (χ0n) is 12.9. The van der Waals surface area contributed by atoms with Crippen molar-refractivity contribution in [2.75, 3.05) is 12.3 Å². The zero-order chi connectivity index (χ0) is 15.5. The van der Waals surface area contributed by atoms with Gasteiger partial charge >= 0.3 is 0 Å². The van der Waals surface area contributed by atoms with Crippen LogP contribution in [0.2, 0.25) is 0 Å². The first-order chi connectivity index (χ1) is 9.92. The number of nitrogens with one attached hydrogen (secondary N) is 1. The molecule has 0 bridgehead atoms. The van der Waals surface area contributed by atoms with E-state index in [-0.39, 0.29) is 16.9 Å². The number of hydrogen-bond donors (Lipinski definition) is 2. The molecule has 0 saturated heterocycles. The minimum atomic E-state index is -0.522. The van der Waals surface area contributed by atoms with Crippen molar-refractivity contribution in [1.82, 2.24) is 5.32 Å². The number of anilines is 1. The summed E-state index contributed by atoms with van der Waals surface area (Å²) in [5, 5.41) is 2.92. The van der Waals surface area contributed by atoms with E-state index in [0.717, 1.165) is 19.3 Å². The van der Waals surface area contributed by atoms with Crippen molar-refractivity contribution in [2.24, 2.45) is 11.3 Å². The third kappa shape index (κ3) is 3.96. The fourth-order valence-electron chi connectivity index (χ4n) is 3.52. The maximum Gasteiger partial charge on any atom is 0.254 e. The molecule has 3 nitrogen and oxygen atoms in total. The highest BCUT2D eigenvalue weighted by molar-refractivity contribution is 5.95. The van der Waals surface area contributed by atoms with Crippen molar-refractivity contribution >= 4 is 11.6 Å². The second-order valence-electron chi connectivity index (χ2n) is 6.73. The Morgan fingerprint density at radius 1 is 1.38 bits per heavy atom. The van der Waals surface area contributed by atoms with Crippen LogP contribution >= 0.6 is 0 Å². The first kappa shape index (κ1) is 15.8. The lowest BCUT2D eigenvalue weighted by Gasteiger charge is -2.31. The van der Waals surface area contributed by atoms with Gasteiger partial charge in [-0.05, 0) is 48.8 Å². The molecule has 1 saturated carbocycles. The molecule has 4 heteroatoms. The summed E-state index contributed by atoms with van der Waals surface area (Å²) in [7, 11) is 0. The van der Waals surface area contributed by atoms with Crippen LogP contribution in [0.4, 0.5) is 10.1 Å². The molecule has 1 aromatic rings. The third-order valence-corrected chi connectivity index (χ3v) is 4.36. The molecule has 3 N–H and O–H groups in total. The number of carbonyl (C=O) groups excluding carboxylic acids is 1. The lowest BCUT2D eigenvalue weighted by atomic mass is 9.78. The van der Waals surface area contributed by atoms with Crippen LogP contribution in [0.25, 0.3) is 0 Å². The van der Waals surface area contributed by atoms with Crippen molar-refractivity contribution in [3.8, 4) is 0 Å². The fraction of sp³-hybridized carbons (Fsp3) is 0.588. The number of amides is 1. The molecule has 0 radical (unpaired) electrons. The fourth-order valence-corrected chi connectivity index (χ4v) is 3.52. The molecular weight excluding hydrogens is 267 g/mol. The minimum absolute atomic E-state index is 0.0349. The average molecular weight is 292 g/mol. The van der Waals surface area contributed by atoms with Gasteiger partial charge in [-0.15, -0.1) is 0 Å². The molecule has 1 aliphatic rings. The third-order valence-electron chi connectivity index (χ3n) is 4.36. The van der Waals surface area contributed by atoms with Crippen molar-refractivity contribution < 1.29 is 9.18 Å². The normalized spacial score (nSPS) is 17.1. The summed E-state index contributed by atoms with van der Waals surface area (Å²) in [6, 6.07) is 4.10. The van der Waals surface area contributed by atoms with Crippen LogP contribution in [0, 0.1) is 17.2 Å². The van der Waals surface area contributed by atoms with Gasteiger partial charge in [-0.25, -0.2) is 4.39 Å². The number of halogens is 1. The van der Waals surface area contributed by atoms with Gasteiger partial charge < -0.3 is 11.1 Å². The number of benzene rings is 1. The van der Waals surface area contributed by atoms with Crippen LogP contribution in [0.1, 0.15) is 56.3 Å². The second-order valence-corrected chi connectivity index (χ2v) is 6.73. The van der Waals surface area contributed by atoms with Crippen LogP contribution in [-0.4, -0.2) is 12.5 Å². The Morgan fingerprint density at radius 3 is 2.67 bits per heavy atom. The highest BCUT2D eigenvalue weighted by atomic mass is 19.1. The quantitative estimate of drug-likeness (QED) is 0.812. The van der Waals surface area contributed by atoms with E-state index in [4.69, 9.17) is 5.73 Å². The molecule has 0 unspecified atom stereocenters. The summed E-state index contributed by atoms with van der Waals surface area (Å²) in [6.07, 6.45) is 5.83. The van der Waals surface area contributed by atoms with Gasteiger partial charge in [-0.2, -0.15) is 0 Å². The number of carbonyl (C=O) groups is 1. The van der Waals surface area contributed by atoms with Gasteiger partial charge in [-0.3, -0.25) is 4.79 Å². The Kier molecular flexibility index (Phi) is 4.86. The molecule has 21 heavy (non-hydrogen) atoms. The number of nitrogen functional groups attached to an aromatic ring is 1. The maximum atomic E-state index is 13.7. The SMILES string of the molecule is CC(C)CC1(CNC(=O)c2cc(N)ccc2F)CCCC1. The first-order valence-electron chi connectivity index (χ1n) is 7.75. The summed E-state index contributed by atoms with van der Waals surface area (Å²) < 4.78 is 13.7. The van der Waals surface area contributed by atoms with E-state index in [0.29, 0.717) is 18.2 Å². The molecule has 0 heterocycles. The topological polar surface area (TPSA) is 55.1 Å². The Balaban J connectivity index is 2.03. The summed E-state index contributed by atoms with van der Waals surface area (Å²) in [5.74, 6) is -0.287. The molecule has 2 rings (SSSR count). The number of rotatable bonds is 5. The minimum Gasteiger partial charge on any atom is -0.399 e. The Hall–Kier alpha value is -1.58. The monoisotopic (exact) mass is 292 g/mol. The second kappa shape index (κ2) is 6.46. The predicted molar refractivity (Wildman–Crippen MR) is 83.5 cm³/mol. The lowest BCUT2D eigenvalue weighted by molar-refractivity contribution is 0.0918. The van der Waals surface area contributed by atoms with Crippen LogP contribution in [0.3, 0.4) is 0 Å². The largest absolute Gasteiger partial charge is 0.399 e. The lowest BCUT2D eigenvalue weighted by Crippen LogP contribution is -2.37. The van der Waals surface area contributed by atoms with E-state index in [1.807, 2.05) is 0 Å². The Labute approximate surface area is 126 Å². The molecule has 1 aromatic carbocycles. The predicted octanol–water partition coefficient (Wildman–Crippen LogP) is 3.74. The first-order valence-corrected chi connectivity index (χ1v) is 7.75. The molecule has 0 aliphatic heterocycles. The van der Waals surface area contributed by atoms with Crippen LogP contribution in [-0.2, 0) is 0 Å². The van der Waals surface area contributed by atoms with Gasteiger partial charge in [0.25, 0.3) is 5.91 Å². The van der Waals surface area contributed by atoms with Gasteiger partial charge in [0.05, 0.1) is 5.56 Å². The van der Waals surface area contributed by atoms with Crippen molar-refractivity contribution in [3.63, 3.8) is 0 Å². The maximum absolute atomic E-state index is 13.7. The van der Waals surface area contributed by atoms with E-state index < -0.39 is 5.82 Å². The van der Waals surface area contributed by atoms with Crippen molar-refractivity contribution in [2.45, 2.75) is 46.0 Å². The molecule has 1 aliphatic carbocycles. The standard InChI is InChI=1S/C17H25FN2O/c1-12(2)10-17(7-3-4-8-17)11-20-16(21)14-9-13(19)5-6-15(14)18/h5-6,9,12H,3-4,7-8,10-11,19H2,1-2H3,(H,20,21). The molecule has 0 spiro atoms. The van der Waals surface area contributed by atoms with Gasteiger partial charge in [0.2, 0.25) is 0 Å². The smallest absolute Gasteiger partial charge is 0.254 e. The highest BCUT2D eigenvalue weighted by Crippen LogP contribution is 2.42. The average Bonchev–Trinajstić information content (AvgIpc) is 2.87. The molecule has 1 amide bonds. The molecule has 0 atom stereocenters. The summed E-state index contributed by atoms with van der Waals surface area (Å²) in [6.45, 7) is 5.04. The van der Waals surface area contributed by atoms with E-state index in [1.165, 1.54) is 31.0 Å². The molecule has 1 fully saturated rings. The van der Waals surface area contributed by atoms with Gasteiger partial charge in [0.1, 0.15) is 5.82 Å². The van der Waals surface area contributed by atoms with Crippen LogP contribution in [0.15, 0.2) is 18.2 Å². The molecule has 0 aromatic heterocycles. The van der Waals surface area contributed by atoms with Crippen molar-refractivity contribution in [3.05, 3.63) is 29.6 Å². The van der Waals surface area contributed by atoms with Crippen LogP contribution < -0.4 is 11.1 Å². The molecule has 116 valence electrons. The Morgan fingerprint density at radius 2 is 2.05 bits per heavy atom. The van der Waals surface area contributed by atoms with Crippen LogP contribution in [0.5, 0.6) is 0 Å². The van der Waals surface area contributed by atoms with Gasteiger partial charge in [-0.1, -0.05) is 26.7 Å². The zero-order valence-corrected chi connectivity index (χ0v) is 12.9. The number of hydrogen-bond acceptors (Lipinski definition) is 2. The van der Waals surface area contributed by atoms with Crippen molar-refractivity contribution in [1.29, 1.82) is 0 Å². The van der Waals surface area contributed by atoms with E-state index in [9.17, 15) is 9.18 Å². The van der Waals surface area contributed by atoms with E-state index >= 15 is 0 Å². The number of nitrogens with two attached hydrogens (primary N) is 1. The summed E-state index contributed by atoms with van der Waals surface area (Å²) in [4.78, 5) is 12.2. The van der Waals surface area contributed by atoms with Gasteiger partial charge in [0, 0.05) is 12.2 Å². The Bertz CT molecular complexity index is 508.